The lowest BCUT2D eigenvalue weighted by Crippen LogP contribution is -2.50. The molecule has 4 heteroatoms. The van der Waals surface area contributed by atoms with Gasteiger partial charge >= 0.3 is 0 Å². The van der Waals surface area contributed by atoms with Gasteiger partial charge in [-0.05, 0) is 19.3 Å². The smallest absolute Gasteiger partial charge is 0.220 e. The highest BCUT2D eigenvalue weighted by Crippen LogP contribution is 2.17. The second-order valence-corrected chi connectivity index (χ2v) is 3.78. The lowest BCUT2D eigenvalue weighted by atomic mass is 9.97. The molecular formula is C9H14N2O2. The van der Waals surface area contributed by atoms with Gasteiger partial charge in [-0.3, -0.25) is 9.59 Å². The van der Waals surface area contributed by atoms with E-state index in [2.05, 4.69) is 10.6 Å². The Morgan fingerprint density at radius 2 is 1.54 bits per heavy atom. The van der Waals surface area contributed by atoms with E-state index in [1.54, 1.807) is 0 Å². The predicted molar refractivity (Wildman–Crippen MR) is 46.9 cm³/mol. The van der Waals surface area contributed by atoms with Crippen LogP contribution in [0.3, 0.4) is 0 Å². The van der Waals surface area contributed by atoms with Crippen LogP contribution in [-0.4, -0.2) is 23.9 Å². The number of hydrogen-bond acceptors (Lipinski definition) is 2. The minimum atomic E-state index is 0.116. The largest absolute Gasteiger partial charge is 0.351 e. The van der Waals surface area contributed by atoms with E-state index < -0.39 is 0 Å². The van der Waals surface area contributed by atoms with Crippen molar-refractivity contribution >= 4 is 11.8 Å². The number of piperidine rings is 1. The first-order valence-corrected chi connectivity index (χ1v) is 4.84. The van der Waals surface area contributed by atoms with Crippen LogP contribution in [0.5, 0.6) is 0 Å². The van der Waals surface area contributed by atoms with Gasteiger partial charge in [-0.1, -0.05) is 0 Å². The molecule has 2 heterocycles. The van der Waals surface area contributed by atoms with E-state index in [1.807, 2.05) is 0 Å². The van der Waals surface area contributed by atoms with Crippen LogP contribution in [0, 0.1) is 0 Å². The first-order chi connectivity index (χ1) is 6.25. The monoisotopic (exact) mass is 182 g/mol. The van der Waals surface area contributed by atoms with Crippen molar-refractivity contribution in [1.29, 1.82) is 0 Å². The minimum Gasteiger partial charge on any atom is -0.351 e. The van der Waals surface area contributed by atoms with E-state index in [0.717, 1.165) is 19.3 Å². The third-order valence-electron chi connectivity index (χ3n) is 2.78. The van der Waals surface area contributed by atoms with E-state index in [-0.39, 0.29) is 23.9 Å². The highest BCUT2D eigenvalue weighted by atomic mass is 16.2. The molecule has 0 saturated carbocycles. The van der Waals surface area contributed by atoms with Crippen molar-refractivity contribution in [3.05, 3.63) is 0 Å². The first kappa shape index (κ1) is 8.53. The molecular weight excluding hydrogens is 168 g/mol. The van der Waals surface area contributed by atoms with Gasteiger partial charge in [0.05, 0.1) is 0 Å². The molecule has 2 rings (SSSR count). The maximum absolute atomic E-state index is 11.1. The molecule has 13 heavy (non-hydrogen) atoms. The summed E-state index contributed by atoms with van der Waals surface area (Å²) >= 11 is 0. The van der Waals surface area contributed by atoms with E-state index in [0.29, 0.717) is 12.8 Å². The molecule has 0 spiro atoms. The zero-order chi connectivity index (χ0) is 9.26. The molecule has 2 aliphatic rings. The van der Waals surface area contributed by atoms with Gasteiger partial charge in [-0.2, -0.15) is 0 Å². The summed E-state index contributed by atoms with van der Waals surface area (Å²) in [6.07, 6.45) is 4.05. The van der Waals surface area contributed by atoms with Gasteiger partial charge in [-0.15, -0.1) is 0 Å². The van der Waals surface area contributed by atoms with Crippen LogP contribution in [0.4, 0.5) is 0 Å². The first-order valence-electron chi connectivity index (χ1n) is 4.84. The Kier molecular flexibility index (Phi) is 2.20. The van der Waals surface area contributed by atoms with Crippen molar-refractivity contribution < 1.29 is 9.59 Å². The van der Waals surface area contributed by atoms with Crippen LogP contribution in [0.15, 0.2) is 0 Å². The topological polar surface area (TPSA) is 58.2 Å². The van der Waals surface area contributed by atoms with Gasteiger partial charge in [0.1, 0.15) is 0 Å². The Morgan fingerprint density at radius 3 is 2.15 bits per heavy atom. The van der Waals surface area contributed by atoms with Crippen molar-refractivity contribution in [2.45, 2.75) is 44.2 Å². The molecule has 0 aromatic rings. The minimum absolute atomic E-state index is 0.116. The lowest BCUT2D eigenvalue weighted by molar-refractivity contribution is -0.124. The van der Waals surface area contributed by atoms with E-state index in [4.69, 9.17) is 0 Å². The second-order valence-electron chi connectivity index (χ2n) is 3.78. The molecule has 0 radical (unpaired) electrons. The van der Waals surface area contributed by atoms with Crippen molar-refractivity contribution in [2.24, 2.45) is 0 Å². The average Bonchev–Trinajstić information content (AvgIpc) is 2.52. The lowest BCUT2D eigenvalue weighted by Gasteiger charge is -2.28. The molecule has 0 aliphatic carbocycles. The summed E-state index contributed by atoms with van der Waals surface area (Å²) in [6.45, 7) is 0. The molecule has 2 saturated heterocycles. The van der Waals surface area contributed by atoms with Crippen LogP contribution in [0.25, 0.3) is 0 Å². The van der Waals surface area contributed by atoms with Crippen molar-refractivity contribution in [2.75, 3.05) is 0 Å². The average molecular weight is 182 g/mol. The van der Waals surface area contributed by atoms with Crippen LogP contribution in [0.2, 0.25) is 0 Å². The van der Waals surface area contributed by atoms with Crippen LogP contribution in [0.1, 0.15) is 32.1 Å². The summed E-state index contributed by atoms with van der Waals surface area (Å²) in [5.41, 5.74) is 0. The Hall–Kier alpha value is -1.06. The van der Waals surface area contributed by atoms with Crippen molar-refractivity contribution in [1.82, 2.24) is 10.6 Å². The summed E-state index contributed by atoms with van der Waals surface area (Å²) in [5, 5.41) is 5.82. The summed E-state index contributed by atoms with van der Waals surface area (Å²) in [4.78, 5) is 22.0. The molecule has 0 aromatic heterocycles. The van der Waals surface area contributed by atoms with Gasteiger partial charge in [0.2, 0.25) is 11.8 Å². The number of carbonyl (C=O) groups is 2. The maximum Gasteiger partial charge on any atom is 0.220 e. The third kappa shape index (κ3) is 1.82. The standard InChI is InChI=1S/C9H14N2O2/c12-8-3-1-2-6(10-8)7-4-5-9(13)11-7/h6-7H,1-5H2,(H,10,12)(H,11,13). The van der Waals surface area contributed by atoms with Crippen molar-refractivity contribution in [3.8, 4) is 0 Å². The van der Waals surface area contributed by atoms with Gasteiger partial charge in [-0.25, -0.2) is 0 Å². The van der Waals surface area contributed by atoms with Gasteiger partial charge < -0.3 is 10.6 Å². The Labute approximate surface area is 77.1 Å². The highest BCUT2D eigenvalue weighted by molar-refractivity contribution is 5.80. The predicted octanol–water partition coefficient (Wildman–Crippen LogP) is -0.0663. The molecule has 2 aliphatic heterocycles. The fraction of sp³-hybridized carbons (Fsp3) is 0.778. The normalized spacial score (nSPS) is 34.2. The Bertz CT molecular complexity index is 240. The fourth-order valence-electron chi connectivity index (χ4n) is 2.07. The number of amides is 2. The Morgan fingerprint density at radius 1 is 0.923 bits per heavy atom. The molecule has 72 valence electrons. The third-order valence-corrected chi connectivity index (χ3v) is 2.78. The summed E-state index contributed by atoms with van der Waals surface area (Å²) in [7, 11) is 0. The van der Waals surface area contributed by atoms with E-state index in [9.17, 15) is 9.59 Å². The fourth-order valence-corrected chi connectivity index (χ4v) is 2.07. The summed E-state index contributed by atoms with van der Waals surface area (Å²) in [5.74, 6) is 0.238. The molecule has 2 amide bonds. The van der Waals surface area contributed by atoms with Crippen LogP contribution >= 0.6 is 0 Å². The number of nitrogens with one attached hydrogen (secondary N) is 2. The van der Waals surface area contributed by atoms with E-state index in [1.165, 1.54) is 0 Å². The second kappa shape index (κ2) is 3.36. The van der Waals surface area contributed by atoms with Gasteiger partial charge in [0.15, 0.2) is 0 Å². The van der Waals surface area contributed by atoms with E-state index >= 15 is 0 Å². The molecule has 2 atom stereocenters. The summed E-state index contributed by atoms with van der Waals surface area (Å²) in [6, 6.07) is 0.351. The van der Waals surface area contributed by atoms with Gasteiger partial charge in [0, 0.05) is 24.9 Å². The zero-order valence-electron chi connectivity index (χ0n) is 7.51. The molecule has 0 bridgehead atoms. The molecule has 4 nitrogen and oxygen atoms in total. The van der Waals surface area contributed by atoms with Gasteiger partial charge in [0.25, 0.3) is 0 Å². The molecule has 2 N–H and O–H groups in total. The molecule has 0 aromatic carbocycles. The van der Waals surface area contributed by atoms with Crippen LogP contribution < -0.4 is 10.6 Å². The maximum atomic E-state index is 11.1. The van der Waals surface area contributed by atoms with Crippen molar-refractivity contribution in [3.63, 3.8) is 0 Å². The van der Waals surface area contributed by atoms with Crippen LogP contribution in [-0.2, 0) is 9.59 Å². The molecule has 2 unspecified atom stereocenters. The quantitative estimate of drug-likeness (QED) is 0.596. The number of hydrogen-bond donors (Lipinski definition) is 2. The number of rotatable bonds is 1. The number of carbonyl (C=O) groups excluding carboxylic acids is 2. The SMILES string of the molecule is O=C1CCCC(C2CCC(=O)N2)N1. The zero-order valence-corrected chi connectivity index (χ0v) is 7.51. The summed E-state index contributed by atoms with van der Waals surface area (Å²) < 4.78 is 0. The highest BCUT2D eigenvalue weighted by Gasteiger charge is 2.31. The molecule has 2 fully saturated rings. The Balaban J connectivity index is 1.92.